The first-order valence-corrected chi connectivity index (χ1v) is 9.33. The van der Waals surface area contributed by atoms with Crippen LogP contribution in [0.1, 0.15) is 50.5 Å². The monoisotopic (exact) mass is 354 g/mol. The van der Waals surface area contributed by atoms with E-state index in [4.69, 9.17) is 4.74 Å². The number of nitrogens with zero attached hydrogens (tertiary/aromatic N) is 1. The lowest BCUT2D eigenvalue weighted by atomic mass is 9.78. The van der Waals surface area contributed by atoms with Crippen molar-refractivity contribution < 1.29 is 14.3 Å². The van der Waals surface area contributed by atoms with E-state index in [1.165, 1.54) is 6.42 Å². The molecule has 5 heteroatoms. The van der Waals surface area contributed by atoms with E-state index in [0.29, 0.717) is 11.8 Å². The summed E-state index contributed by atoms with van der Waals surface area (Å²) in [4.78, 5) is 29.1. The third-order valence-corrected chi connectivity index (χ3v) is 5.50. The van der Waals surface area contributed by atoms with Crippen LogP contribution in [0.2, 0.25) is 0 Å². The maximum absolute atomic E-state index is 12.4. The largest absolute Gasteiger partial charge is 0.448 e. The van der Waals surface area contributed by atoms with Crippen molar-refractivity contribution in [1.82, 2.24) is 10.3 Å². The van der Waals surface area contributed by atoms with Crippen molar-refractivity contribution >= 4 is 22.8 Å². The molecule has 0 bridgehead atoms. The number of para-hydroxylation sites is 1. The van der Waals surface area contributed by atoms with Crippen LogP contribution in [0, 0.1) is 11.8 Å². The fourth-order valence-corrected chi connectivity index (χ4v) is 3.54. The van der Waals surface area contributed by atoms with E-state index in [0.717, 1.165) is 23.7 Å². The molecule has 1 fully saturated rings. The van der Waals surface area contributed by atoms with E-state index < -0.39 is 12.1 Å². The SMILES string of the molecule is C[C@H]1[C@@H](NC(=O)[C@@H](C)OC(=O)c2ccc3ccccc3n2)CCC[C@@H]1C. The van der Waals surface area contributed by atoms with Gasteiger partial charge in [0.15, 0.2) is 6.10 Å². The van der Waals surface area contributed by atoms with Gasteiger partial charge in [-0.3, -0.25) is 4.79 Å². The second-order valence-electron chi connectivity index (χ2n) is 7.32. The second-order valence-corrected chi connectivity index (χ2v) is 7.32. The van der Waals surface area contributed by atoms with Gasteiger partial charge in [-0.1, -0.05) is 51.0 Å². The minimum atomic E-state index is -0.847. The molecule has 4 atom stereocenters. The average Bonchev–Trinajstić information content (AvgIpc) is 2.64. The van der Waals surface area contributed by atoms with Crippen LogP contribution >= 0.6 is 0 Å². The summed E-state index contributed by atoms with van der Waals surface area (Å²) in [6, 6.07) is 11.2. The van der Waals surface area contributed by atoms with Crippen molar-refractivity contribution in [1.29, 1.82) is 0 Å². The van der Waals surface area contributed by atoms with Crippen LogP contribution in [0.5, 0.6) is 0 Å². The van der Waals surface area contributed by atoms with Gasteiger partial charge in [-0.25, -0.2) is 9.78 Å². The summed E-state index contributed by atoms with van der Waals surface area (Å²) in [5.41, 5.74) is 0.937. The Hall–Kier alpha value is -2.43. The van der Waals surface area contributed by atoms with E-state index in [2.05, 4.69) is 24.1 Å². The molecule has 1 saturated carbocycles. The third kappa shape index (κ3) is 4.03. The standard InChI is InChI=1S/C21H26N2O3/c1-13-7-6-10-17(14(13)2)23-20(24)15(3)26-21(25)19-12-11-16-8-4-5-9-18(16)22-19/h4-5,8-9,11-15,17H,6-7,10H2,1-3H3,(H,23,24)/t13-,14+,15+,17-/m0/s1. The van der Waals surface area contributed by atoms with Gasteiger partial charge in [-0.05, 0) is 37.3 Å². The maximum Gasteiger partial charge on any atom is 0.357 e. The number of fused-ring (bicyclic) bond motifs is 1. The Kier molecular flexibility index (Phi) is 5.55. The normalized spacial score (nSPS) is 24.0. The number of carbonyl (C=O) groups is 2. The highest BCUT2D eigenvalue weighted by atomic mass is 16.5. The summed E-state index contributed by atoms with van der Waals surface area (Å²) in [7, 11) is 0. The van der Waals surface area contributed by atoms with Crippen molar-refractivity contribution in [2.24, 2.45) is 11.8 Å². The number of esters is 1. The van der Waals surface area contributed by atoms with Crippen molar-refractivity contribution in [2.45, 2.75) is 52.2 Å². The quantitative estimate of drug-likeness (QED) is 0.850. The number of ether oxygens (including phenoxy) is 1. The second kappa shape index (κ2) is 7.85. The molecule has 26 heavy (non-hydrogen) atoms. The Morgan fingerprint density at radius 1 is 1.15 bits per heavy atom. The Balaban J connectivity index is 1.61. The van der Waals surface area contributed by atoms with E-state index in [9.17, 15) is 9.59 Å². The van der Waals surface area contributed by atoms with Gasteiger partial charge < -0.3 is 10.1 Å². The molecule has 1 amide bonds. The number of rotatable bonds is 4. The Morgan fingerprint density at radius 2 is 1.92 bits per heavy atom. The van der Waals surface area contributed by atoms with Crippen molar-refractivity contribution in [3.05, 3.63) is 42.1 Å². The summed E-state index contributed by atoms with van der Waals surface area (Å²) in [6.45, 7) is 5.99. The lowest BCUT2D eigenvalue weighted by Gasteiger charge is -2.35. The van der Waals surface area contributed by atoms with Crippen LogP contribution in [-0.4, -0.2) is 29.0 Å². The smallest absolute Gasteiger partial charge is 0.357 e. The summed E-state index contributed by atoms with van der Waals surface area (Å²) in [5.74, 6) is 0.194. The molecular weight excluding hydrogens is 328 g/mol. The first-order chi connectivity index (χ1) is 12.5. The zero-order valence-corrected chi connectivity index (χ0v) is 15.6. The maximum atomic E-state index is 12.4. The van der Waals surface area contributed by atoms with Crippen molar-refractivity contribution in [3.8, 4) is 0 Å². The highest BCUT2D eigenvalue weighted by molar-refractivity contribution is 5.93. The Labute approximate surface area is 154 Å². The van der Waals surface area contributed by atoms with Crippen LogP contribution in [0.4, 0.5) is 0 Å². The first kappa shape index (κ1) is 18.4. The van der Waals surface area contributed by atoms with Crippen LogP contribution in [-0.2, 0) is 9.53 Å². The van der Waals surface area contributed by atoms with Gasteiger partial charge in [-0.2, -0.15) is 0 Å². The molecule has 0 radical (unpaired) electrons. The summed E-state index contributed by atoms with van der Waals surface area (Å²) < 4.78 is 5.34. The topological polar surface area (TPSA) is 68.3 Å². The van der Waals surface area contributed by atoms with Crippen LogP contribution in [0.25, 0.3) is 10.9 Å². The Morgan fingerprint density at radius 3 is 2.73 bits per heavy atom. The van der Waals surface area contributed by atoms with Gasteiger partial charge in [0.1, 0.15) is 5.69 Å². The zero-order valence-electron chi connectivity index (χ0n) is 15.6. The molecule has 138 valence electrons. The van der Waals surface area contributed by atoms with Crippen molar-refractivity contribution in [3.63, 3.8) is 0 Å². The van der Waals surface area contributed by atoms with Gasteiger partial charge in [0.05, 0.1) is 5.52 Å². The lowest BCUT2D eigenvalue weighted by Crippen LogP contribution is -2.47. The highest BCUT2D eigenvalue weighted by Gasteiger charge is 2.30. The number of hydrogen-bond donors (Lipinski definition) is 1. The summed E-state index contributed by atoms with van der Waals surface area (Å²) >= 11 is 0. The minimum Gasteiger partial charge on any atom is -0.448 e. The van der Waals surface area contributed by atoms with E-state index in [1.54, 1.807) is 13.0 Å². The number of aromatic nitrogens is 1. The molecule has 0 spiro atoms. The number of pyridine rings is 1. The molecule has 0 saturated heterocycles. The number of hydrogen-bond acceptors (Lipinski definition) is 4. The number of carbonyl (C=O) groups excluding carboxylic acids is 2. The minimum absolute atomic E-state index is 0.145. The van der Waals surface area contributed by atoms with E-state index in [-0.39, 0.29) is 17.6 Å². The fraction of sp³-hybridized carbons (Fsp3) is 0.476. The Bertz CT molecular complexity index is 805. The van der Waals surface area contributed by atoms with Crippen LogP contribution in [0.3, 0.4) is 0 Å². The first-order valence-electron chi connectivity index (χ1n) is 9.33. The van der Waals surface area contributed by atoms with E-state index in [1.807, 2.05) is 30.3 Å². The predicted octanol–water partition coefficient (Wildman–Crippen LogP) is 3.72. The molecular formula is C21H26N2O3. The molecule has 3 rings (SSSR count). The van der Waals surface area contributed by atoms with Gasteiger partial charge in [-0.15, -0.1) is 0 Å². The highest BCUT2D eigenvalue weighted by Crippen LogP contribution is 2.29. The number of benzene rings is 1. The number of nitrogens with one attached hydrogen (secondary N) is 1. The number of amides is 1. The molecule has 1 N–H and O–H groups in total. The molecule has 1 aliphatic carbocycles. The molecule has 1 aromatic heterocycles. The van der Waals surface area contributed by atoms with Crippen LogP contribution in [0.15, 0.2) is 36.4 Å². The molecule has 1 heterocycles. The van der Waals surface area contributed by atoms with Gasteiger partial charge >= 0.3 is 5.97 Å². The average molecular weight is 354 g/mol. The molecule has 1 aromatic carbocycles. The van der Waals surface area contributed by atoms with Gasteiger partial charge in [0.25, 0.3) is 5.91 Å². The van der Waals surface area contributed by atoms with Crippen LogP contribution < -0.4 is 5.32 Å². The van der Waals surface area contributed by atoms with E-state index >= 15 is 0 Å². The third-order valence-electron chi connectivity index (χ3n) is 5.50. The fourth-order valence-electron chi connectivity index (χ4n) is 3.54. The van der Waals surface area contributed by atoms with Gasteiger partial charge in [0.2, 0.25) is 0 Å². The molecule has 0 aliphatic heterocycles. The molecule has 1 aliphatic rings. The van der Waals surface area contributed by atoms with Gasteiger partial charge in [0, 0.05) is 11.4 Å². The van der Waals surface area contributed by atoms with Crippen molar-refractivity contribution in [2.75, 3.05) is 0 Å². The molecule has 0 unspecified atom stereocenters. The predicted molar refractivity (Wildman–Crippen MR) is 101 cm³/mol. The molecule has 2 aromatic rings. The summed E-state index contributed by atoms with van der Waals surface area (Å²) in [5, 5.41) is 4.00. The molecule has 5 nitrogen and oxygen atoms in total. The zero-order chi connectivity index (χ0) is 18.7. The summed E-state index contributed by atoms with van der Waals surface area (Å²) in [6.07, 6.45) is 2.45. The lowest BCUT2D eigenvalue weighted by molar-refractivity contribution is -0.130.